The molecule has 0 aliphatic carbocycles. The van der Waals surface area contributed by atoms with E-state index in [0.717, 1.165) is 27.0 Å². The number of halogens is 1. The molecule has 3 rings (SSSR count). The highest BCUT2D eigenvalue weighted by atomic mass is 35.5. The number of aromatic nitrogens is 2. The highest BCUT2D eigenvalue weighted by Crippen LogP contribution is 2.30. The Balaban J connectivity index is 2.02. The highest BCUT2D eigenvalue weighted by Gasteiger charge is 2.09. The molecule has 0 saturated heterocycles. The van der Waals surface area contributed by atoms with Crippen molar-refractivity contribution in [2.24, 2.45) is 0 Å². The minimum absolute atomic E-state index is 0.766. The van der Waals surface area contributed by atoms with Crippen molar-refractivity contribution >= 4 is 35.1 Å². The summed E-state index contributed by atoms with van der Waals surface area (Å²) in [4.78, 5) is 6.82. The second kappa shape index (κ2) is 6.82. The lowest BCUT2D eigenvalue weighted by molar-refractivity contribution is 1.06. The summed E-state index contributed by atoms with van der Waals surface area (Å²) < 4.78 is 2.06. The van der Waals surface area contributed by atoms with Gasteiger partial charge in [-0.15, -0.1) is 23.5 Å². The number of thioether (sulfide) groups is 2. The first kappa shape index (κ1) is 15.5. The van der Waals surface area contributed by atoms with Gasteiger partial charge >= 0.3 is 0 Å². The summed E-state index contributed by atoms with van der Waals surface area (Å²) in [5.74, 6) is 0.917. The molecule has 0 aliphatic heterocycles. The maximum atomic E-state index is 6.33. The standard InChI is InChI=1S/C17H15ClN2S2/c1-21-14-6-3-12(4-7-14)17-19-9-10-20(17)13-5-8-16(22-2)15(18)11-13/h3-11H,1-2H3. The van der Waals surface area contributed by atoms with Crippen LogP contribution < -0.4 is 0 Å². The van der Waals surface area contributed by atoms with Gasteiger partial charge in [-0.3, -0.25) is 4.57 Å². The van der Waals surface area contributed by atoms with E-state index in [-0.39, 0.29) is 0 Å². The molecule has 0 bridgehead atoms. The van der Waals surface area contributed by atoms with E-state index in [1.54, 1.807) is 23.5 Å². The van der Waals surface area contributed by atoms with Crippen LogP contribution in [-0.4, -0.2) is 22.1 Å². The molecule has 0 fully saturated rings. The molecule has 1 heterocycles. The van der Waals surface area contributed by atoms with Crippen LogP contribution in [0.25, 0.3) is 17.1 Å². The van der Waals surface area contributed by atoms with Crippen LogP contribution in [0.1, 0.15) is 0 Å². The van der Waals surface area contributed by atoms with Gasteiger partial charge in [0, 0.05) is 33.4 Å². The zero-order valence-corrected chi connectivity index (χ0v) is 14.7. The molecular formula is C17H15ClN2S2. The quantitative estimate of drug-likeness (QED) is 0.569. The van der Waals surface area contributed by atoms with Crippen LogP contribution in [0.2, 0.25) is 5.02 Å². The van der Waals surface area contributed by atoms with Crippen molar-refractivity contribution < 1.29 is 0 Å². The van der Waals surface area contributed by atoms with E-state index in [4.69, 9.17) is 11.6 Å². The summed E-state index contributed by atoms with van der Waals surface area (Å²) in [7, 11) is 0. The van der Waals surface area contributed by atoms with Crippen molar-refractivity contribution in [3.63, 3.8) is 0 Å². The molecule has 5 heteroatoms. The maximum absolute atomic E-state index is 6.33. The smallest absolute Gasteiger partial charge is 0.144 e. The van der Waals surface area contributed by atoms with Crippen molar-refractivity contribution in [1.82, 2.24) is 9.55 Å². The Morgan fingerprint density at radius 3 is 2.41 bits per heavy atom. The zero-order chi connectivity index (χ0) is 15.5. The molecule has 0 aliphatic rings. The Labute approximate surface area is 143 Å². The average molecular weight is 347 g/mol. The average Bonchev–Trinajstić information content (AvgIpc) is 3.04. The number of hydrogen-bond donors (Lipinski definition) is 0. The molecule has 22 heavy (non-hydrogen) atoms. The lowest BCUT2D eigenvalue weighted by atomic mass is 10.2. The SMILES string of the molecule is CSc1ccc(-c2nccn2-c2ccc(SC)c(Cl)c2)cc1. The van der Waals surface area contributed by atoms with Crippen molar-refractivity contribution in [2.75, 3.05) is 12.5 Å². The number of nitrogens with zero attached hydrogens (tertiary/aromatic N) is 2. The Kier molecular flexibility index (Phi) is 4.81. The minimum atomic E-state index is 0.766. The molecule has 0 spiro atoms. The topological polar surface area (TPSA) is 17.8 Å². The molecule has 0 amide bonds. The van der Waals surface area contributed by atoms with Gasteiger partial charge in [-0.2, -0.15) is 0 Å². The Morgan fingerprint density at radius 2 is 1.77 bits per heavy atom. The lowest BCUT2D eigenvalue weighted by Gasteiger charge is -2.10. The Hall–Kier alpha value is -1.36. The maximum Gasteiger partial charge on any atom is 0.144 e. The van der Waals surface area contributed by atoms with Gasteiger partial charge < -0.3 is 0 Å². The largest absolute Gasteiger partial charge is 0.300 e. The summed E-state index contributed by atoms with van der Waals surface area (Å²) in [6, 6.07) is 14.5. The summed E-state index contributed by atoms with van der Waals surface area (Å²) in [6.07, 6.45) is 7.87. The van der Waals surface area contributed by atoms with E-state index in [2.05, 4.69) is 46.1 Å². The zero-order valence-electron chi connectivity index (χ0n) is 12.3. The third-order valence-electron chi connectivity index (χ3n) is 3.40. The molecule has 0 unspecified atom stereocenters. The summed E-state index contributed by atoms with van der Waals surface area (Å²) >= 11 is 9.71. The molecule has 0 saturated carbocycles. The molecule has 1 aromatic heterocycles. The third kappa shape index (κ3) is 3.05. The van der Waals surface area contributed by atoms with E-state index in [0.29, 0.717) is 0 Å². The van der Waals surface area contributed by atoms with Gasteiger partial charge in [-0.25, -0.2) is 4.98 Å². The van der Waals surface area contributed by atoms with Gasteiger partial charge in [0.05, 0.1) is 5.02 Å². The first-order valence-corrected chi connectivity index (χ1v) is 9.57. The van der Waals surface area contributed by atoms with Crippen LogP contribution in [0.4, 0.5) is 0 Å². The van der Waals surface area contributed by atoms with Gasteiger partial charge in [0.15, 0.2) is 0 Å². The monoisotopic (exact) mass is 346 g/mol. The molecule has 0 radical (unpaired) electrons. The molecule has 3 aromatic rings. The van der Waals surface area contributed by atoms with Crippen molar-refractivity contribution in [1.29, 1.82) is 0 Å². The number of rotatable bonds is 4. The number of benzene rings is 2. The fraction of sp³-hybridized carbons (Fsp3) is 0.118. The van der Waals surface area contributed by atoms with E-state index in [9.17, 15) is 0 Å². The molecule has 0 N–H and O–H groups in total. The van der Waals surface area contributed by atoms with E-state index < -0.39 is 0 Å². The van der Waals surface area contributed by atoms with Gasteiger partial charge in [0.1, 0.15) is 5.82 Å². The molecular weight excluding hydrogens is 332 g/mol. The predicted octanol–water partition coefficient (Wildman–Crippen LogP) is 5.64. The van der Waals surface area contributed by atoms with E-state index in [1.807, 2.05) is 30.8 Å². The normalized spacial score (nSPS) is 10.9. The minimum Gasteiger partial charge on any atom is -0.300 e. The third-order valence-corrected chi connectivity index (χ3v) is 5.37. The van der Waals surface area contributed by atoms with Crippen LogP contribution >= 0.6 is 35.1 Å². The fourth-order valence-corrected chi connectivity index (χ4v) is 3.54. The summed E-state index contributed by atoms with van der Waals surface area (Å²) in [6.45, 7) is 0. The van der Waals surface area contributed by atoms with Gasteiger partial charge in [-0.05, 0) is 42.8 Å². The van der Waals surface area contributed by atoms with Gasteiger partial charge in [0.25, 0.3) is 0 Å². The van der Waals surface area contributed by atoms with E-state index in [1.165, 1.54) is 4.90 Å². The fourth-order valence-electron chi connectivity index (χ4n) is 2.27. The van der Waals surface area contributed by atoms with Crippen molar-refractivity contribution in [2.45, 2.75) is 9.79 Å². The van der Waals surface area contributed by atoms with Crippen LogP contribution in [0.15, 0.2) is 64.6 Å². The van der Waals surface area contributed by atoms with Crippen LogP contribution in [0, 0.1) is 0 Å². The van der Waals surface area contributed by atoms with Crippen LogP contribution in [0.3, 0.4) is 0 Å². The van der Waals surface area contributed by atoms with Crippen LogP contribution in [-0.2, 0) is 0 Å². The highest BCUT2D eigenvalue weighted by molar-refractivity contribution is 7.98. The Morgan fingerprint density at radius 1 is 1.00 bits per heavy atom. The van der Waals surface area contributed by atoms with Crippen molar-refractivity contribution in [3.05, 3.63) is 59.9 Å². The lowest BCUT2D eigenvalue weighted by Crippen LogP contribution is -1.96. The second-order valence-electron chi connectivity index (χ2n) is 4.67. The predicted molar refractivity (Wildman–Crippen MR) is 97.6 cm³/mol. The first-order chi connectivity index (χ1) is 10.7. The molecule has 0 atom stereocenters. The first-order valence-electron chi connectivity index (χ1n) is 6.74. The number of hydrogen-bond acceptors (Lipinski definition) is 3. The Bertz CT molecular complexity index is 782. The van der Waals surface area contributed by atoms with Crippen molar-refractivity contribution in [3.8, 4) is 17.1 Å². The molecule has 2 aromatic carbocycles. The molecule has 2 nitrogen and oxygen atoms in total. The van der Waals surface area contributed by atoms with Crippen LogP contribution in [0.5, 0.6) is 0 Å². The summed E-state index contributed by atoms with van der Waals surface area (Å²) in [5.41, 5.74) is 2.11. The van der Waals surface area contributed by atoms with Gasteiger partial charge in [0.2, 0.25) is 0 Å². The molecule has 112 valence electrons. The second-order valence-corrected chi connectivity index (χ2v) is 6.80. The van der Waals surface area contributed by atoms with Gasteiger partial charge in [-0.1, -0.05) is 23.7 Å². The van der Waals surface area contributed by atoms with E-state index >= 15 is 0 Å². The number of imidazole rings is 1. The summed E-state index contributed by atoms with van der Waals surface area (Å²) in [5, 5.41) is 0.766.